The lowest BCUT2D eigenvalue weighted by Gasteiger charge is -2.24. The van der Waals surface area contributed by atoms with Gasteiger partial charge in [0.1, 0.15) is 6.04 Å². The minimum Gasteiger partial charge on any atom is -0.481 e. The van der Waals surface area contributed by atoms with Crippen molar-refractivity contribution >= 4 is 11.9 Å². The maximum atomic E-state index is 12.0. The number of carbonyl (C=O) groups is 2. The number of aryl methyl sites for hydroxylation is 1. The lowest BCUT2D eigenvalue weighted by atomic mass is 10.0. The van der Waals surface area contributed by atoms with Crippen LogP contribution in [0.3, 0.4) is 0 Å². The predicted molar refractivity (Wildman–Crippen MR) is 72.4 cm³/mol. The van der Waals surface area contributed by atoms with Gasteiger partial charge >= 0.3 is 11.7 Å². The van der Waals surface area contributed by atoms with Gasteiger partial charge in [-0.2, -0.15) is 4.98 Å². The van der Waals surface area contributed by atoms with E-state index < -0.39 is 23.6 Å². The number of hydrogen-bond donors (Lipinski definition) is 2. The second-order valence-electron chi connectivity index (χ2n) is 5.08. The van der Waals surface area contributed by atoms with Crippen molar-refractivity contribution in [2.45, 2.75) is 40.2 Å². The van der Waals surface area contributed by atoms with Gasteiger partial charge in [-0.05, 0) is 19.8 Å². The molecule has 0 aliphatic rings. The number of nitrogens with two attached hydrogens (primary N) is 1. The molecule has 0 radical (unpaired) electrons. The van der Waals surface area contributed by atoms with E-state index in [1.54, 1.807) is 27.7 Å². The summed E-state index contributed by atoms with van der Waals surface area (Å²) < 4.78 is 1.19. The van der Waals surface area contributed by atoms with Crippen LogP contribution in [0.4, 0.5) is 0 Å². The zero-order valence-electron chi connectivity index (χ0n) is 12.0. The summed E-state index contributed by atoms with van der Waals surface area (Å²) >= 11 is 0. The Balaban J connectivity index is 3.58. The Hall–Kier alpha value is -2.18. The molecule has 20 heavy (non-hydrogen) atoms. The number of carboxylic acid groups (broad SMARTS) is 1. The Morgan fingerprint density at radius 3 is 2.30 bits per heavy atom. The Labute approximate surface area is 116 Å². The van der Waals surface area contributed by atoms with Crippen molar-refractivity contribution in [2.75, 3.05) is 0 Å². The summed E-state index contributed by atoms with van der Waals surface area (Å²) in [5, 5.41) is 8.93. The van der Waals surface area contributed by atoms with Crippen LogP contribution in [-0.2, 0) is 16.0 Å². The average molecular weight is 281 g/mol. The molecule has 1 heterocycles. The van der Waals surface area contributed by atoms with E-state index in [9.17, 15) is 14.4 Å². The molecule has 7 heteroatoms. The smallest absolute Gasteiger partial charge is 0.348 e. The van der Waals surface area contributed by atoms with Crippen LogP contribution in [0, 0.1) is 19.8 Å². The van der Waals surface area contributed by atoms with Crippen LogP contribution in [0.2, 0.25) is 0 Å². The molecule has 0 aromatic carbocycles. The van der Waals surface area contributed by atoms with Gasteiger partial charge < -0.3 is 10.8 Å². The van der Waals surface area contributed by atoms with Crippen LogP contribution in [0.25, 0.3) is 0 Å². The summed E-state index contributed by atoms with van der Waals surface area (Å²) in [5.41, 5.74) is 5.98. The maximum absolute atomic E-state index is 12.0. The van der Waals surface area contributed by atoms with Gasteiger partial charge in [0.05, 0.1) is 6.42 Å². The number of aromatic nitrogens is 2. The number of rotatable bonds is 5. The van der Waals surface area contributed by atoms with E-state index in [4.69, 9.17) is 10.8 Å². The van der Waals surface area contributed by atoms with E-state index in [-0.39, 0.29) is 12.3 Å². The number of aliphatic carboxylic acids is 1. The number of hydrogen-bond acceptors (Lipinski definition) is 4. The minimum atomic E-state index is -1.02. The molecule has 3 N–H and O–H groups in total. The molecule has 1 aromatic heterocycles. The molecular weight excluding hydrogens is 262 g/mol. The van der Waals surface area contributed by atoms with E-state index in [0.29, 0.717) is 17.0 Å². The normalized spacial score (nSPS) is 12.4. The maximum Gasteiger partial charge on any atom is 0.348 e. The molecule has 0 saturated heterocycles. The van der Waals surface area contributed by atoms with Gasteiger partial charge in [-0.15, -0.1) is 0 Å². The SMILES string of the molecule is Cc1nc(=O)n(C(C(N)=O)C(C)C)c(C)c1CC(=O)O. The highest BCUT2D eigenvalue weighted by Crippen LogP contribution is 2.20. The number of amides is 1. The van der Waals surface area contributed by atoms with Gasteiger partial charge in [-0.1, -0.05) is 13.8 Å². The number of nitrogens with zero attached hydrogens (tertiary/aromatic N) is 2. The quantitative estimate of drug-likeness (QED) is 0.798. The van der Waals surface area contributed by atoms with Gasteiger partial charge in [-0.3, -0.25) is 14.2 Å². The largest absolute Gasteiger partial charge is 0.481 e. The van der Waals surface area contributed by atoms with E-state index >= 15 is 0 Å². The zero-order chi connectivity index (χ0) is 15.6. The topological polar surface area (TPSA) is 115 Å². The van der Waals surface area contributed by atoms with Crippen molar-refractivity contribution in [3.63, 3.8) is 0 Å². The van der Waals surface area contributed by atoms with Gasteiger partial charge in [0.25, 0.3) is 0 Å². The average Bonchev–Trinajstić information content (AvgIpc) is 2.28. The first-order valence-electron chi connectivity index (χ1n) is 6.26. The van der Waals surface area contributed by atoms with Gasteiger partial charge in [0, 0.05) is 17.0 Å². The molecule has 110 valence electrons. The van der Waals surface area contributed by atoms with Crippen molar-refractivity contribution in [3.05, 3.63) is 27.4 Å². The van der Waals surface area contributed by atoms with E-state index in [1.807, 2.05) is 0 Å². The molecule has 0 saturated carbocycles. The monoisotopic (exact) mass is 281 g/mol. The highest BCUT2D eigenvalue weighted by Gasteiger charge is 2.26. The second-order valence-corrected chi connectivity index (χ2v) is 5.08. The highest BCUT2D eigenvalue weighted by molar-refractivity contribution is 5.79. The Kier molecular flexibility index (Phi) is 4.65. The fourth-order valence-corrected chi connectivity index (χ4v) is 2.30. The highest BCUT2D eigenvalue weighted by atomic mass is 16.4. The Bertz CT molecular complexity index is 604. The van der Waals surface area contributed by atoms with Crippen molar-refractivity contribution < 1.29 is 14.7 Å². The molecule has 1 rings (SSSR count). The van der Waals surface area contributed by atoms with Crippen LogP contribution < -0.4 is 11.4 Å². The van der Waals surface area contributed by atoms with Crippen molar-refractivity contribution in [3.8, 4) is 0 Å². The summed E-state index contributed by atoms with van der Waals surface area (Å²) in [6.07, 6.45) is -0.255. The number of primary amides is 1. The Morgan fingerprint density at radius 1 is 1.35 bits per heavy atom. The van der Waals surface area contributed by atoms with Crippen molar-refractivity contribution in [2.24, 2.45) is 11.7 Å². The molecule has 0 bridgehead atoms. The molecule has 1 aromatic rings. The van der Waals surface area contributed by atoms with Crippen LogP contribution in [0.1, 0.15) is 36.8 Å². The van der Waals surface area contributed by atoms with E-state index in [0.717, 1.165) is 0 Å². The molecule has 1 amide bonds. The third kappa shape index (κ3) is 3.04. The van der Waals surface area contributed by atoms with Crippen LogP contribution in [-0.4, -0.2) is 26.5 Å². The van der Waals surface area contributed by atoms with E-state index in [1.165, 1.54) is 4.57 Å². The molecule has 0 aliphatic carbocycles. The first-order valence-corrected chi connectivity index (χ1v) is 6.26. The molecule has 7 nitrogen and oxygen atoms in total. The lowest BCUT2D eigenvalue weighted by Crippen LogP contribution is -2.40. The lowest BCUT2D eigenvalue weighted by molar-refractivity contribution is -0.136. The van der Waals surface area contributed by atoms with E-state index in [2.05, 4.69) is 4.98 Å². The third-order valence-corrected chi connectivity index (χ3v) is 3.23. The zero-order valence-corrected chi connectivity index (χ0v) is 12.0. The van der Waals surface area contributed by atoms with Gasteiger partial charge in [0.15, 0.2) is 0 Å². The van der Waals surface area contributed by atoms with Gasteiger partial charge in [-0.25, -0.2) is 4.79 Å². The molecule has 1 unspecified atom stereocenters. The van der Waals surface area contributed by atoms with Crippen molar-refractivity contribution in [1.82, 2.24) is 9.55 Å². The second kappa shape index (κ2) is 5.85. The molecule has 1 atom stereocenters. The minimum absolute atomic E-state index is 0.203. The predicted octanol–water partition coefficient (Wildman–Crippen LogP) is 0.170. The summed E-state index contributed by atoms with van der Waals surface area (Å²) in [6, 6.07) is -0.844. The first kappa shape index (κ1) is 15.9. The summed E-state index contributed by atoms with van der Waals surface area (Å²) in [7, 11) is 0. The van der Waals surface area contributed by atoms with Crippen LogP contribution >= 0.6 is 0 Å². The molecular formula is C13H19N3O4. The van der Waals surface area contributed by atoms with Crippen LogP contribution in [0.15, 0.2) is 4.79 Å². The summed E-state index contributed by atoms with van der Waals surface area (Å²) in [6.45, 7) is 6.70. The van der Waals surface area contributed by atoms with Crippen molar-refractivity contribution in [1.29, 1.82) is 0 Å². The third-order valence-electron chi connectivity index (χ3n) is 3.23. The molecule has 0 fully saturated rings. The number of carboxylic acids is 1. The number of carbonyl (C=O) groups excluding carboxylic acids is 1. The molecule has 0 aliphatic heterocycles. The standard InChI is InChI=1S/C13H19N3O4/c1-6(2)11(12(14)19)16-8(4)9(5-10(17)18)7(3)15-13(16)20/h6,11H,5H2,1-4H3,(H2,14,19)(H,17,18). The molecule has 0 spiro atoms. The fraction of sp³-hybridized carbons (Fsp3) is 0.538. The summed E-state index contributed by atoms with van der Waals surface area (Å²) in [5.74, 6) is -1.87. The fourth-order valence-electron chi connectivity index (χ4n) is 2.30. The first-order chi connectivity index (χ1) is 9.16. The summed E-state index contributed by atoms with van der Waals surface area (Å²) in [4.78, 5) is 38.3. The Morgan fingerprint density at radius 2 is 1.90 bits per heavy atom. The van der Waals surface area contributed by atoms with Gasteiger partial charge in [0.2, 0.25) is 5.91 Å². The van der Waals surface area contributed by atoms with Crippen LogP contribution in [0.5, 0.6) is 0 Å².